The predicted molar refractivity (Wildman–Crippen MR) is 78.3 cm³/mol. The van der Waals surface area contributed by atoms with E-state index in [4.69, 9.17) is 20.6 Å². The lowest BCUT2D eigenvalue weighted by Gasteiger charge is -2.19. The lowest BCUT2D eigenvalue weighted by molar-refractivity contribution is 0.0142. The average molecular weight is 271 g/mol. The van der Waals surface area contributed by atoms with E-state index in [1.807, 2.05) is 13.8 Å². The molecule has 1 N–H and O–H groups in total. The number of nitrogens with one attached hydrogen (secondary N) is 1. The van der Waals surface area contributed by atoms with Crippen LogP contribution in [0.15, 0.2) is 0 Å². The standard InChI is InChI=1S/C15H29NO3/c1-5-7-9-17-11-13-19-14-12-18-10-8-16-15(3,4)6-2/h2,16H,5,7-14H2,1,3-4H3. The molecule has 4 heteroatoms. The normalized spacial score (nSPS) is 11.5. The van der Waals surface area contributed by atoms with Crippen molar-refractivity contribution in [3.63, 3.8) is 0 Å². The summed E-state index contributed by atoms with van der Waals surface area (Å²) >= 11 is 0. The molecule has 0 aromatic heterocycles. The molecule has 4 nitrogen and oxygen atoms in total. The lowest BCUT2D eigenvalue weighted by atomic mass is 10.1. The van der Waals surface area contributed by atoms with Crippen LogP contribution in [0, 0.1) is 12.3 Å². The van der Waals surface area contributed by atoms with Crippen molar-refractivity contribution in [3.8, 4) is 12.3 Å². The molecule has 0 unspecified atom stereocenters. The first-order chi connectivity index (χ1) is 9.12. The molecule has 0 rings (SSSR count). The Balaban J connectivity index is 3.10. The summed E-state index contributed by atoms with van der Waals surface area (Å²) in [5.74, 6) is 2.68. The van der Waals surface area contributed by atoms with Crippen LogP contribution in [0.3, 0.4) is 0 Å². The minimum Gasteiger partial charge on any atom is -0.379 e. The summed E-state index contributed by atoms with van der Waals surface area (Å²) in [6.07, 6.45) is 7.64. The SMILES string of the molecule is C#CC(C)(C)NCCOCCOCCOCCCC. The number of unbranched alkanes of at least 4 members (excludes halogenated alkanes) is 1. The van der Waals surface area contributed by atoms with Crippen LogP contribution >= 0.6 is 0 Å². The van der Waals surface area contributed by atoms with Gasteiger partial charge in [-0.15, -0.1) is 6.42 Å². The van der Waals surface area contributed by atoms with Gasteiger partial charge in [0.2, 0.25) is 0 Å². The van der Waals surface area contributed by atoms with Crippen molar-refractivity contribution in [2.75, 3.05) is 46.2 Å². The maximum atomic E-state index is 5.42. The van der Waals surface area contributed by atoms with Gasteiger partial charge in [0.1, 0.15) is 0 Å². The van der Waals surface area contributed by atoms with E-state index >= 15 is 0 Å². The quantitative estimate of drug-likeness (QED) is 0.410. The summed E-state index contributed by atoms with van der Waals surface area (Å²) in [7, 11) is 0. The summed E-state index contributed by atoms with van der Waals surface area (Å²) in [6, 6.07) is 0. The molecule has 19 heavy (non-hydrogen) atoms. The van der Waals surface area contributed by atoms with E-state index in [1.54, 1.807) is 0 Å². The van der Waals surface area contributed by atoms with Crippen molar-refractivity contribution in [2.24, 2.45) is 0 Å². The van der Waals surface area contributed by atoms with Gasteiger partial charge in [-0.05, 0) is 20.3 Å². The summed E-state index contributed by atoms with van der Waals surface area (Å²) in [5.41, 5.74) is -0.268. The maximum absolute atomic E-state index is 5.42. The average Bonchev–Trinajstić information content (AvgIpc) is 2.40. The smallest absolute Gasteiger partial charge is 0.0742 e. The predicted octanol–water partition coefficient (Wildman–Crippen LogP) is 1.84. The molecule has 0 fully saturated rings. The Hall–Kier alpha value is -0.600. The molecular formula is C15H29NO3. The highest BCUT2D eigenvalue weighted by atomic mass is 16.5. The third-order valence-electron chi connectivity index (χ3n) is 2.56. The molecule has 0 aliphatic rings. The number of hydrogen-bond donors (Lipinski definition) is 1. The molecule has 0 bridgehead atoms. The van der Waals surface area contributed by atoms with Crippen molar-refractivity contribution < 1.29 is 14.2 Å². The molecule has 0 amide bonds. The first-order valence-corrected chi connectivity index (χ1v) is 7.08. The van der Waals surface area contributed by atoms with Gasteiger partial charge in [0.15, 0.2) is 0 Å². The van der Waals surface area contributed by atoms with Crippen LogP contribution in [0.4, 0.5) is 0 Å². The van der Waals surface area contributed by atoms with Crippen LogP contribution in [-0.4, -0.2) is 51.7 Å². The van der Waals surface area contributed by atoms with Gasteiger partial charge in [-0.25, -0.2) is 0 Å². The third kappa shape index (κ3) is 13.6. The molecular weight excluding hydrogens is 242 g/mol. The molecule has 0 saturated carbocycles. The van der Waals surface area contributed by atoms with Gasteiger partial charge in [-0.2, -0.15) is 0 Å². The van der Waals surface area contributed by atoms with Crippen molar-refractivity contribution >= 4 is 0 Å². The summed E-state index contributed by atoms with van der Waals surface area (Å²) < 4.78 is 16.2. The largest absolute Gasteiger partial charge is 0.379 e. The van der Waals surface area contributed by atoms with Gasteiger partial charge < -0.3 is 14.2 Å². The van der Waals surface area contributed by atoms with E-state index in [2.05, 4.69) is 18.2 Å². The van der Waals surface area contributed by atoms with Gasteiger partial charge in [0.05, 0.1) is 38.6 Å². The van der Waals surface area contributed by atoms with E-state index in [0.29, 0.717) is 33.0 Å². The Labute approximate surface area is 118 Å². The van der Waals surface area contributed by atoms with Crippen LogP contribution in [0.1, 0.15) is 33.6 Å². The zero-order valence-electron chi connectivity index (χ0n) is 12.7. The summed E-state index contributed by atoms with van der Waals surface area (Å²) in [5, 5.41) is 3.22. The fourth-order valence-corrected chi connectivity index (χ4v) is 1.28. The fourth-order valence-electron chi connectivity index (χ4n) is 1.28. The Morgan fingerprint density at radius 2 is 1.47 bits per heavy atom. The van der Waals surface area contributed by atoms with Gasteiger partial charge in [0, 0.05) is 13.2 Å². The topological polar surface area (TPSA) is 39.7 Å². The summed E-state index contributed by atoms with van der Waals surface area (Å²) in [4.78, 5) is 0. The molecule has 0 atom stereocenters. The Morgan fingerprint density at radius 3 is 2.00 bits per heavy atom. The number of ether oxygens (including phenoxy) is 3. The molecule has 0 heterocycles. The summed E-state index contributed by atoms with van der Waals surface area (Å²) in [6.45, 7) is 10.8. The Bertz CT molecular complexity index is 236. The highest BCUT2D eigenvalue weighted by Crippen LogP contribution is 1.97. The number of hydrogen-bond acceptors (Lipinski definition) is 4. The van der Waals surface area contributed by atoms with Gasteiger partial charge in [-0.1, -0.05) is 19.3 Å². The highest BCUT2D eigenvalue weighted by Gasteiger charge is 2.10. The molecule has 112 valence electrons. The van der Waals surface area contributed by atoms with Gasteiger partial charge in [0.25, 0.3) is 0 Å². The van der Waals surface area contributed by atoms with E-state index < -0.39 is 0 Å². The van der Waals surface area contributed by atoms with E-state index in [9.17, 15) is 0 Å². The van der Waals surface area contributed by atoms with Crippen molar-refractivity contribution in [2.45, 2.75) is 39.2 Å². The molecule has 0 aliphatic heterocycles. The van der Waals surface area contributed by atoms with Crippen LogP contribution in [-0.2, 0) is 14.2 Å². The maximum Gasteiger partial charge on any atom is 0.0742 e. The third-order valence-corrected chi connectivity index (χ3v) is 2.56. The molecule has 0 radical (unpaired) electrons. The number of rotatable bonds is 13. The van der Waals surface area contributed by atoms with E-state index in [0.717, 1.165) is 19.6 Å². The monoisotopic (exact) mass is 271 g/mol. The van der Waals surface area contributed by atoms with Crippen molar-refractivity contribution in [3.05, 3.63) is 0 Å². The second-order valence-corrected chi connectivity index (χ2v) is 4.89. The van der Waals surface area contributed by atoms with Crippen molar-refractivity contribution in [1.82, 2.24) is 5.32 Å². The highest BCUT2D eigenvalue weighted by molar-refractivity contribution is 5.07. The van der Waals surface area contributed by atoms with Crippen LogP contribution in [0.2, 0.25) is 0 Å². The zero-order chi connectivity index (χ0) is 14.4. The van der Waals surface area contributed by atoms with Gasteiger partial charge in [-0.3, -0.25) is 5.32 Å². The second kappa shape index (κ2) is 12.4. The van der Waals surface area contributed by atoms with Crippen molar-refractivity contribution in [1.29, 1.82) is 0 Å². The van der Waals surface area contributed by atoms with Crippen LogP contribution < -0.4 is 5.32 Å². The van der Waals surface area contributed by atoms with E-state index in [1.165, 1.54) is 6.42 Å². The van der Waals surface area contributed by atoms with Crippen LogP contribution in [0.5, 0.6) is 0 Å². The Kier molecular flexibility index (Phi) is 12.0. The molecule has 0 aliphatic carbocycles. The zero-order valence-corrected chi connectivity index (χ0v) is 12.7. The molecule has 0 spiro atoms. The molecule has 0 saturated heterocycles. The number of terminal acetylenes is 1. The Morgan fingerprint density at radius 1 is 0.947 bits per heavy atom. The lowest BCUT2D eigenvalue weighted by Crippen LogP contribution is -2.39. The second-order valence-electron chi connectivity index (χ2n) is 4.89. The molecule has 0 aromatic rings. The molecule has 0 aromatic carbocycles. The van der Waals surface area contributed by atoms with E-state index in [-0.39, 0.29) is 5.54 Å². The van der Waals surface area contributed by atoms with Crippen LogP contribution in [0.25, 0.3) is 0 Å². The minimum atomic E-state index is -0.268. The van der Waals surface area contributed by atoms with Gasteiger partial charge >= 0.3 is 0 Å². The minimum absolute atomic E-state index is 0.268. The fraction of sp³-hybridized carbons (Fsp3) is 0.867. The first kappa shape index (κ1) is 18.4. The first-order valence-electron chi connectivity index (χ1n) is 7.08.